The zero-order chi connectivity index (χ0) is 11.1. The van der Waals surface area contributed by atoms with Crippen LogP contribution in [0.3, 0.4) is 0 Å². The maximum absolute atomic E-state index is 10.6. The molecule has 0 aliphatic rings. The first-order valence-corrected chi connectivity index (χ1v) is 5.13. The summed E-state index contributed by atoms with van der Waals surface area (Å²) >= 11 is 0. The van der Waals surface area contributed by atoms with Gasteiger partial charge in [0.1, 0.15) is 0 Å². The quantitative estimate of drug-likeness (QED) is 0.556. The van der Waals surface area contributed by atoms with Crippen LogP contribution in [-0.4, -0.2) is 5.97 Å². The molecule has 1 aromatic rings. The van der Waals surface area contributed by atoms with Crippen LogP contribution in [0.1, 0.15) is 31.7 Å². The minimum absolute atomic E-state index is 0.283. The van der Waals surface area contributed by atoms with Gasteiger partial charge in [0.15, 0.2) is 0 Å². The molecule has 0 unspecified atom stereocenters. The molecule has 0 spiro atoms. The van der Waals surface area contributed by atoms with Gasteiger partial charge in [0.25, 0.3) is 0 Å². The molecule has 0 radical (unpaired) electrons. The summed E-state index contributed by atoms with van der Waals surface area (Å²) in [6.45, 7) is 3.50. The number of benzene rings is 1. The van der Waals surface area contributed by atoms with Gasteiger partial charge in [-0.05, 0) is 18.1 Å². The minimum atomic E-state index is -0.283. The highest BCUT2D eigenvalue weighted by Gasteiger charge is 2.04. The zero-order valence-electron chi connectivity index (χ0n) is 9.14. The molecule has 0 aliphatic carbocycles. The largest absolute Gasteiger partial charge is 0.435 e. The molecule has 1 atom stereocenters. The molecular weight excluding hydrogens is 188 g/mol. The van der Waals surface area contributed by atoms with Gasteiger partial charge in [0.2, 0.25) is 0 Å². The lowest BCUT2D eigenvalue weighted by Gasteiger charge is -2.09. The average molecular weight is 204 g/mol. The van der Waals surface area contributed by atoms with E-state index in [-0.39, 0.29) is 5.97 Å². The third kappa shape index (κ3) is 3.98. The summed E-state index contributed by atoms with van der Waals surface area (Å²) in [6, 6.07) is 10.2. The molecule has 0 saturated heterocycles. The molecule has 1 rings (SSSR count). The SMILES string of the molecule is CC[C@@H](/C=C\OC(C)=O)c1ccccc1. The highest BCUT2D eigenvalue weighted by Crippen LogP contribution is 2.20. The Morgan fingerprint density at radius 2 is 2.07 bits per heavy atom. The van der Waals surface area contributed by atoms with E-state index in [2.05, 4.69) is 19.1 Å². The molecule has 2 heteroatoms. The second-order valence-electron chi connectivity index (χ2n) is 3.36. The van der Waals surface area contributed by atoms with Crippen molar-refractivity contribution in [3.8, 4) is 0 Å². The molecule has 1 aromatic carbocycles. The minimum Gasteiger partial charge on any atom is -0.435 e. The first kappa shape index (κ1) is 11.5. The maximum atomic E-state index is 10.6. The lowest BCUT2D eigenvalue weighted by atomic mass is 9.97. The smallest absolute Gasteiger partial charge is 0.307 e. The topological polar surface area (TPSA) is 26.3 Å². The molecule has 0 fully saturated rings. The number of hydrogen-bond acceptors (Lipinski definition) is 2. The first-order valence-electron chi connectivity index (χ1n) is 5.13. The molecule has 0 bridgehead atoms. The lowest BCUT2D eigenvalue weighted by Crippen LogP contribution is -1.95. The van der Waals surface area contributed by atoms with Crippen molar-refractivity contribution in [2.45, 2.75) is 26.2 Å². The molecule has 0 heterocycles. The van der Waals surface area contributed by atoms with Crippen LogP contribution in [0, 0.1) is 0 Å². The van der Waals surface area contributed by atoms with Gasteiger partial charge in [0.05, 0.1) is 6.26 Å². The summed E-state index contributed by atoms with van der Waals surface area (Å²) in [5, 5.41) is 0. The Bertz CT molecular complexity index is 328. The Kier molecular flexibility index (Phi) is 4.61. The van der Waals surface area contributed by atoms with Crippen molar-refractivity contribution in [3.05, 3.63) is 48.2 Å². The predicted molar refractivity (Wildman–Crippen MR) is 60.4 cm³/mol. The third-order valence-corrected chi connectivity index (χ3v) is 2.21. The number of hydrogen-bond donors (Lipinski definition) is 0. The Morgan fingerprint density at radius 1 is 1.40 bits per heavy atom. The summed E-state index contributed by atoms with van der Waals surface area (Å²) in [4.78, 5) is 10.6. The monoisotopic (exact) mass is 204 g/mol. The van der Waals surface area contributed by atoms with Crippen LogP contribution in [0.4, 0.5) is 0 Å². The number of carbonyl (C=O) groups is 1. The van der Waals surface area contributed by atoms with Crippen LogP contribution >= 0.6 is 0 Å². The van der Waals surface area contributed by atoms with Crippen LogP contribution in [0.15, 0.2) is 42.7 Å². The summed E-state index contributed by atoms with van der Waals surface area (Å²) in [5.74, 6) is 0.0275. The fourth-order valence-electron chi connectivity index (χ4n) is 1.41. The Morgan fingerprint density at radius 3 is 2.60 bits per heavy atom. The van der Waals surface area contributed by atoms with Crippen molar-refractivity contribution in [2.24, 2.45) is 0 Å². The fraction of sp³-hybridized carbons (Fsp3) is 0.308. The number of carbonyl (C=O) groups excluding carboxylic acids is 1. The van der Waals surface area contributed by atoms with Gasteiger partial charge < -0.3 is 4.74 Å². The van der Waals surface area contributed by atoms with E-state index in [1.54, 1.807) is 0 Å². The van der Waals surface area contributed by atoms with Crippen molar-refractivity contribution in [1.29, 1.82) is 0 Å². The van der Waals surface area contributed by atoms with E-state index in [1.165, 1.54) is 18.7 Å². The molecule has 0 saturated carbocycles. The molecule has 80 valence electrons. The zero-order valence-corrected chi connectivity index (χ0v) is 9.14. The molecule has 15 heavy (non-hydrogen) atoms. The number of rotatable bonds is 4. The van der Waals surface area contributed by atoms with Crippen LogP contribution in [0.2, 0.25) is 0 Å². The van der Waals surface area contributed by atoms with Crippen LogP contribution in [0.25, 0.3) is 0 Å². The van der Waals surface area contributed by atoms with E-state index in [0.717, 1.165) is 6.42 Å². The van der Waals surface area contributed by atoms with Crippen molar-refractivity contribution >= 4 is 5.97 Å². The van der Waals surface area contributed by atoms with Crippen molar-refractivity contribution in [2.75, 3.05) is 0 Å². The standard InChI is InChI=1S/C13H16O2/c1-3-12(9-10-15-11(2)14)13-7-5-4-6-8-13/h4-10,12H,3H2,1-2H3/b10-9-/t12-/m0/s1. The van der Waals surface area contributed by atoms with E-state index in [9.17, 15) is 4.79 Å². The second kappa shape index (κ2) is 6.02. The molecule has 0 aromatic heterocycles. The van der Waals surface area contributed by atoms with Gasteiger partial charge in [-0.25, -0.2) is 0 Å². The summed E-state index contributed by atoms with van der Waals surface area (Å²) in [5.41, 5.74) is 1.24. The third-order valence-electron chi connectivity index (χ3n) is 2.21. The van der Waals surface area contributed by atoms with Crippen LogP contribution < -0.4 is 0 Å². The number of esters is 1. The van der Waals surface area contributed by atoms with Gasteiger partial charge in [-0.1, -0.05) is 37.3 Å². The Labute approximate surface area is 90.6 Å². The lowest BCUT2D eigenvalue weighted by molar-refractivity contribution is -0.135. The average Bonchev–Trinajstić information content (AvgIpc) is 2.25. The van der Waals surface area contributed by atoms with E-state index in [1.807, 2.05) is 24.3 Å². The Balaban J connectivity index is 2.64. The van der Waals surface area contributed by atoms with E-state index >= 15 is 0 Å². The van der Waals surface area contributed by atoms with E-state index < -0.39 is 0 Å². The molecule has 0 aliphatic heterocycles. The fourth-order valence-corrected chi connectivity index (χ4v) is 1.41. The maximum Gasteiger partial charge on any atom is 0.307 e. The predicted octanol–water partition coefficient (Wildman–Crippen LogP) is 3.26. The van der Waals surface area contributed by atoms with Gasteiger partial charge in [-0.3, -0.25) is 4.79 Å². The highest BCUT2D eigenvalue weighted by molar-refractivity contribution is 5.66. The van der Waals surface area contributed by atoms with Crippen LogP contribution in [0.5, 0.6) is 0 Å². The highest BCUT2D eigenvalue weighted by atomic mass is 16.5. The normalized spacial score (nSPS) is 12.7. The van der Waals surface area contributed by atoms with Gasteiger partial charge in [-0.15, -0.1) is 0 Å². The van der Waals surface area contributed by atoms with Crippen LogP contribution in [-0.2, 0) is 9.53 Å². The summed E-state index contributed by atoms with van der Waals surface area (Å²) < 4.78 is 4.78. The number of allylic oxidation sites excluding steroid dienone is 1. The van der Waals surface area contributed by atoms with E-state index in [0.29, 0.717) is 5.92 Å². The Hall–Kier alpha value is -1.57. The molecule has 2 nitrogen and oxygen atoms in total. The molecule has 0 amide bonds. The van der Waals surface area contributed by atoms with Gasteiger partial charge in [-0.2, -0.15) is 0 Å². The van der Waals surface area contributed by atoms with Gasteiger partial charge >= 0.3 is 5.97 Å². The van der Waals surface area contributed by atoms with Crippen molar-refractivity contribution in [1.82, 2.24) is 0 Å². The van der Waals surface area contributed by atoms with Crippen molar-refractivity contribution in [3.63, 3.8) is 0 Å². The van der Waals surface area contributed by atoms with Gasteiger partial charge in [0, 0.05) is 12.8 Å². The summed E-state index contributed by atoms with van der Waals surface area (Å²) in [6.07, 6.45) is 4.38. The van der Waals surface area contributed by atoms with E-state index in [4.69, 9.17) is 4.74 Å². The molecular formula is C13H16O2. The first-order chi connectivity index (χ1) is 7.24. The summed E-state index contributed by atoms with van der Waals surface area (Å²) in [7, 11) is 0. The molecule has 0 N–H and O–H groups in total. The van der Waals surface area contributed by atoms with Crippen molar-refractivity contribution < 1.29 is 9.53 Å². The second-order valence-corrected chi connectivity index (χ2v) is 3.36. The number of ether oxygens (including phenoxy) is 1.